The molecule has 2 aromatic carbocycles. The molecule has 0 bridgehead atoms. The van der Waals surface area contributed by atoms with Crippen molar-refractivity contribution >= 4 is 33.2 Å². The van der Waals surface area contributed by atoms with Gasteiger partial charge in [-0.05, 0) is 43.5 Å². The van der Waals surface area contributed by atoms with E-state index in [0.29, 0.717) is 47.8 Å². The van der Waals surface area contributed by atoms with Crippen LogP contribution in [-0.4, -0.2) is 51.3 Å². The zero-order chi connectivity index (χ0) is 22.9. The number of nitrogens with zero attached hydrogens (tertiary/aromatic N) is 1. The van der Waals surface area contributed by atoms with E-state index >= 15 is 0 Å². The van der Waals surface area contributed by atoms with Crippen molar-refractivity contribution in [3.05, 3.63) is 42.0 Å². The van der Waals surface area contributed by atoms with E-state index in [4.69, 9.17) is 9.47 Å². The van der Waals surface area contributed by atoms with Gasteiger partial charge in [0, 0.05) is 30.9 Å². The molecule has 1 atom stereocenters. The second-order valence-corrected chi connectivity index (χ2v) is 9.78. The molecular formula is C22H25N3O6S. The van der Waals surface area contributed by atoms with Crippen molar-refractivity contribution in [3.63, 3.8) is 0 Å². The highest BCUT2D eigenvalue weighted by Gasteiger charge is 2.35. The van der Waals surface area contributed by atoms with Gasteiger partial charge in [0.25, 0.3) is 5.91 Å². The lowest BCUT2D eigenvalue weighted by Gasteiger charge is -2.32. The van der Waals surface area contributed by atoms with Gasteiger partial charge in [-0.3, -0.25) is 9.59 Å². The largest absolute Gasteiger partial charge is 0.497 e. The fourth-order valence-electron chi connectivity index (χ4n) is 3.95. The predicted molar refractivity (Wildman–Crippen MR) is 118 cm³/mol. The zero-order valence-electron chi connectivity index (χ0n) is 17.9. The molecule has 2 aliphatic heterocycles. The SMILES string of the molecule is COc1cccc(NC(=O)[C@@H]2CCCN(S(=O)(=O)c3cc4c(cc3C)NC(=O)CO4)C2)c1. The van der Waals surface area contributed by atoms with Crippen LogP contribution >= 0.6 is 0 Å². The summed E-state index contributed by atoms with van der Waals surface area (Å²) in [6.45, 7) is 1.93. The van der Waals surface area contributed by atoms with Gasteiger partial charge in [-0.1, -0.05) is 6.07 Å². The zero-order valence-corrected chi connectivity index (χ0v) is 18.7. The monoisotopic (exact) mass is 459 g/mol. The minimum Gasteiger partial charge on any atom is -0.497 e. The molecule has 1 saturated heterocycles. The number of fused-ring (bicyclic) bond motifs is 1. The summed E-state index contributed by atoms with van der Waals surface area (Å²) in [5.74, 6) is -0.0481. The Labute approximate surface area is 186 Å². The summed E-state index contributed by atoms with van der Waals surface area (Å²) < 4.78 is 38.7. The van der Waals surface area contributed by atoms with Crippen LogP contribution in [0.3, 0.4) is 0 Å². The van der Waals surface area contributed by atoms with Gasteiger partial charge in [0.1, 0.15) is 11.5 Å². The maximum atomic E-state index is 13.4. The molecule has 0 spiro atoms. The number of ether oxygens (including phenoxy) is 2. The molecule has 2 aliphatic rings. The van der Waals surface area contributed by atoms with Crippen LogP contribution in [0.5, 0.6) is 11.5 Å². The molecule has 9 nitrogen and oxygen atoms in total. The van der Waals surface area contributed by atoms with Gasteiger partial charge >= 0.3 is 0 Å². The van der Waals surface area contributed by atoms with Gasteiger partial charge < -0.3 is 20.1 Å². The van der Waals surface area contributed by atoms with Crippen LogP contribution in [0.1, 0.15) is 18.4 Å². The molecule has 0 unspecified atom stereocenters. The summed E-state index contributed by atoms with van der Waals surface area (Å²) >= 11 is 0. The van der Waals surface area contributed by atoms with Crippen molar-refractivity contribution in [1.82, 2.24) is 4.31 Å². The lowest BCUT2D eigenvalue weighted by Crippen LogP contribution is -2.43. The maximum Gasteiger partial charge on any atom is 0.262 e. The number of methoxy groups -OCH3 is 1. The molecule has 170 valence electrons. The molecule has 2 amide bonds. The van der Waals surface area contributed by atoms with Gasteiger partial charge in [-0.25, -0.2) is 8.42 Å². The quantitative estimate of drug-likeness (QED) is 0.710. The summed E-state index contributed by atoms with van der Waals surface area (Å²) in [6, 6.07) is 10.1. The fourth-order valence-corrected chi connectivity index (χ4v) is 5.70. The van der Waals surface area contributed by atoms with Crippen LogP contribution in [0, 0.1) is 12.8 Å². The number of sulfonamides is 1. The van der Waals surface area contributed by atoms with Crippen LogP contribution in [0.15, 0.2) is 41.3 Å². The molecule has 0 aromatic heterocycles. The lowest BCUT2D eigenvalue weighted by molar-refractivity contribution is -0.121. The van der Waals surface area contributed by atoms with Gasteiger partial charge in [0.05, 0.1) is 23.6 Å². The number of hydrogen-bond donors (Lipinski definition) is 2. The smallest absolute Gasteiger partial charge is 0.262 e. The number of anilines is 2. The molecule has 2 aromatic rings. The van der Waals surface area contributed by atoms with Crippen molar-refractivity contribution in [2.45, 2.75) is 24.7 Å². The molecule has 0 aliphatic carbocycles. The maximum absolute atomic E-state index is 13.4. The van der Waals surface area contributed by atoms with Gasteiger partial charge in [0.2, 0.25) is 15.9 Å². The first kappa shape index (κ1) is 22.1. The second kappa shape index (κ2) is 8.79. The van der Waals surface area contributed by atoms with Crippen molar-refractivity contribution in [3.8, 4) is 11.5 Å². The Morgan fingerprint density at radius 1 is 1.28 bits per heavy atom. The van der Waals surface area contributed by atoms with Crippen LogP contribution in [0.25, 0.3) is 0 Å². The summed E-state index contributed by atoms with van der Waals surface area (Å²) in [5, 5.41) is 5.53. The normalized spacial score (nSPS) is 18.8. The molecular weight excluding hydrogens is 434 g/mol. The third-order valence-electron chi connectivity index (χ3n) is 5.62. The number of carbonyl (C=O) groups is 2. The van der Waals surface area contributed by atoms with E-state index in [9.17, 15) is 18.0 Å². The number of hydrogen-bond acceptors (Lipinski definition) is 6. The first-order valence-electron chi connectivity index (χ1n) is 10.3. The van der Waals surface area contributed by atoms with Gasteiger partial charge in [0.15, 0.2) is 6.61 Å². The third kappa shape index (κ3) is 4.42. The Morgan fingerprint density at radius 3 is 2.88 bits per heavy atom. The van der Waals surface area contributed by atoms with Crippen LogP contribution < -0.4 is 20.1 Å². The molecule has 4 rings (SSSR count). The highest BCUT2D eigenvalue weighted by Crippen LogP contribution is 2.35. The minimum atomic E-state index is -3.85. The topological polar surface area (TPSA) is 114 Å². The summed E-state index contributed by atoms with van der Waals surface area (Å²) in [5.41, 5.74) is 1.54. The average molecular weight is 460 g/mol. The summed E-state index contributed by atoms with van der Waals surface area (Å²) in [7, 11) is -2.30. The Balaban J connectivity index is 1.52. The molecule has 0 radical (unpaired) electrons. The second-order valence-electron chi connectivity index (χ2n) is 7.87. The van der Waals surface area contributed by atoms with Crippen molar-refractivity contribution in [2.75, 3.05) is 37.4 Å². The first-order chi connectivity index (χ1) is 15.3. The molecule has 10 heteroatoms. The average Bonchev–Trinajstić information content (AvgIpc) is 2.78. The Hall–Kier alpha value is -3.11. The van der Waals surface area contributed by atoms with Crippen molar-refractivity contribution < 1.29 is 27.5 Å². The van der Waals surface area contributed by atoms with Gasteiger partial charge in [-0.15, -0.1) is 0 Å². The molecule has 0 saturated carbocycles. The van der Waals surface area contributed by atoms with E-state index in [1.165, 1.54) is 10.4 Å². The standard InChI is InChI=1S/C22H25N3O6S/c1-14-9-18-19(31-13-21(26)24-18)11-20(14)32(28,29)25-8-4-5-15(12-25)22(27)23-16-6-3-7-17(10-16)30-2/h3,6-7,9-11,15H,4-5,8,12-13H2,1-2H3,(H,23,27)(H,24,26)/t15-/m1/s1. The number of amides is 2. The Kier molecular flexibility index (Phi) is 6.07. The number of rotatable bonds is 5. The fraction of sp³-hybridized carbons (Fsp3) is 0.364. The number of carbonyl (C=O) groups excluding carboxylic acids is 2. The molecule has 32 heavy (non-hydrogen) atoms. The highest BCUT2D eigenvalue weighted by atomic mass is 32.2. The van der Waals surface area contributed by atoms with Crippen LogP contribution in [0.2, 0.25) is 0 Å². The Bertz CT molecular complexity index is 1160. The van der Waals surface area contributed by atoms with E-state index < -0.39 is 15.9 Å². The van der Waals surface area contributed by atoms with Crippen molar-refractivity contribution in [1.29, 1.82) is 0 Å². The molecule has 1 fully saturated rings. The number of aryl methyl sites for hydroxylation is 1. The number of piperidine rings is 1. The minimum absolute atomic E-state index is 0.0895. The van der Waals surface area contributed by atoms with Gasteiger partial charge in [-0.2, -0.15) is 4.31 Å². The third-order valence-corrected chi connectivity index (χ3v) is 7.63. The van der Waals surface area contributed by atoms with E-state index in [-0.39, 0.29) is 29.9 Å². The molecule has 2 N–H and O–H groups in total. The molecule has 2 heterocycles. The van der Waals surface area contributed by atoms with E-state index in [2.05, 4.69) is 10.6 Å². The highest BCUT2D eigenvalue weighted by molar-refractivity contribution is 7.89. The van der Waals surface area contributed by atoms with E-state index in [0.717, 1.165) is 0 Å². The summed E-state index contributed by atoms with van der Waals surface area (Å²) in [4.78, 5) is 24.5. The van der Waals surface area contributed by atoms with Crippen LogP contribution in [0.4, 0.5) is 11.4 Å². The number of benzene rings is 2. The Morgan fingerprint density at radius 2 is 2.09 bits per heavy atom. The van der Waals surface area contributed by atoms with E-state index in [1.54, 1.807) is 44.4 Å². The van der Waals surface area contributed by atoms with E-state index in [1.807, 2.05) is 0 Å². The predicted octanol–water partition coefficient (Wildman–Crippen LogP) is 2.37. The first-order valence-corrected chi connectivity index (χ1v) is 11.7. The lowest BCUT2D eigenvalue weighted by atomic mass is 9.98. The summed E-state index contributed by atoms with van der Waals surface area (Å²) in [6.07, 6.45) is 1.17. The van der Waals surface area contributed by atoms with Crippen molar-refractivity contribution in [2.24, 2.45) is 5.92 Å². The van der Waals surface area contributed by atoms with Crippen LogP contribution in [-0.2, 0) is 19.6 Å². The number of nitrogens with one attached hydrogen (secondary N) is 2.